The Morgan fingerprint density at radius 2 is 1.96 bits per heavy atom. The van der Waals surface area contributed by atoms with E-state index in [1.165, 1.54) is 32.0 Å². The summed E-state index contributed by atoms with van der Waals surface area (Å²) >= 11 is 0. The molecule has 1 fully saturated rings. The minimum atomic E-state index is 0.0592. The van der Waals surface area contributed by atoms with E-state index in [0.29, 0.717) is 6.17 Å². The molecular weight excluding hydrogens is 304 g/mol. The van der Waals surface area contributed by atoms with Crippen LogP contribution in [-0.4, -0.2) is 46.7 Å². The van der Waals surface area contributed by atoms with Gasteiger partial charge in [0.15, 0.2) is 0 Å². The van der Waals surface area contributed by atoms with Gasteiger partial charge in [-0.2, -0.15) is 10.0 Å². The highest BCUT2D eigenvalue weighted by molar-refractivity contribution is 8.15. The van der Waals surface area contributed by atoms with Crippen LogP contribution in [0.25, 0.3) is 10.8 Å². The summed E-state index contributed by atoms with van der Waals surface area (Å²) in [6, 6.07) is 11.4. The maximum Gasteiger partial charge on any atom is 0.126 e. The Labute approximate surface area is 140 Å². The predicted octanol–water partition coefficient (Wildman–Crippen LogP) is 3.53. The topological polar surface area (TPSA) is 21.8 Å². The number of rotatable bonds is 1. The van der Waals surface area contributed by atoms with Crippen LogP contribution in [0.4, 0.5) is 5.69 Å². The van der Waals surface area contributed by atoms with E-state index in [-0.39, 0.29) is 10.5 Å². The van der Waals surface area contributed by atoms with Crippen LogP contribution in [0.3, 0.4) is 0 Å². The molecule has 0 spiro atoms. The van der Waals surface area contributed by atoms with Crippen molar-refractivity contribution in [2.45, 2.75) is 31.3 Å². The van der Waals surface area contributed by atoms with E-state index < -0.39 is 0 Å². The van der Waals surface area contributed by atoms with Gasteiger partial charge in [0.2, 0.25) is 0 Å². The Kier molecular flexibility index (Phi) is 3.50. The highest BCUT2D eigenvalue weighted by Crippen LogP contribution is 2.44. The molecule has 4 rings (SSSR count). The number of anilines is 1. The van der Waals surface area contributed by atoms with E-state index in [0.717, 1.165) is 6.42 Å². The van der Waals surface area contributed by atoms with E-state index in [1.54, 1.807) is 0 Å². The fraction of sp³-hybridized carbons (Fsp3) is 0.389. The maximum absolute atomic E-state index is 3.70. The second-order valence-corrected chi connectivity index (χ2v) is 8.18. The minimum Gasteiger partial charge on any atom is -0.310 e. The second kappa shape index (κ2) is 5.31. The lowest BCUT2D eigenvalue weighted by molar-refractivity contribution is 0.0741. The smallest absolute Gasteiger partial charge is 0.126 e. The van der Waals surface area contributed by atoms with Crippen molar-refractivity contribution in [3.8, 4) is 0 Å². The molecule has 1 saturated heterocycles. The van der Waals surface area contributed by atoms with Crippen molar-refractivity contribution in [1.29, 1.82) is 0 Å². The summed E-state index contributed by atoms with van der Waals surface area (Å²) in [5.74, 6) is 0. The van der Waals surface area contributed by atoms with Crippen LogP contribution in [0.1, 0.15) is 19.4 Å². The first-order valence-corrected chi connectivity index (χ1v) is 9.77. The molecule has 2 aliphatic rings. The van der Waals surface area contributed by atoms with Gasteiger partial charge < -0.3 is 5.43 Å². The number of hydrogen-bond donors (Lipinski definition) is 1. The van der Waals surface area contributed by atoms with Gasteiger partial charge in [0.1, 0.15) is 5.11 Å². The lowest BCUT2D eigenvalue weighted by Crippen LogP contribution is -2.41. The molecule has 2 unspecified atom stereocenters. The van der Waals surface area contributed by atoms with E-state index in [2.05, 4.69) is 85.0 Å². The quantitative estimate of drug-likeness (QED) is 0.809. The lowest BCUT2D eigenvalue weighted by Gasteiger charge is -2.32. The van der Waals surface area contributed by atoms with Crippen molar-refractivity contribution >= 4 is 32.1 Å². The molecule has 122 valence electrons. The normalized spacial score (nSPS) is 25.5. The first-order valence-electron chi connectivity index (χ1n) is 8.13. The second-order valence-electron chi connectivity index (χ2n) is 6.35. The monoisotopic (exact) mass is 328 g/mol. The molecular formula is C18H24N4S. The van der Waals surface area contributed by atoms with Crippen LogP contribution in [0.2, 0.25) is 0 Å². The summed E-state index contributed by atoms with van der Waals surface area (Å²) in [6.07, 6.45) is 3.72. The molecule has 2 aromatic rings. The lowest BCUT2D eigenvalue weighted by atomic mass is 10.0. The molecule has 0 amide bonds. The van der Waals surface area contributed by atoms with Gasteiger partial charge in [0.25, 0.3) is 0 Å². The molecule has 0 aliphatic carbocycles. The Morgan fingerprint density at radius 3 is 2.70 bits per heavy atom. The predicted molar refractivity (Wildman–Crippen MR) is 101 cm³/mol. The zero-order chi connectivity index (χ0) is 16.3. The number of fused-ring (bicyclic) bond motifs is 4. The maximum atomic E-state index is 3.70. The minimum absolute atomic E-state index is 0.0592. The standard InChI is InChI=1S/C18H24N4S/c1-6-13-7-9-15-14(11-13)8-10-16-17(15)19-22-12(2)20(3)21(4)18(22)23(16)5/h7-12,19H,6H2,1-5H3. The van der Waals surface area contributed by atoms with E-state index in [4.69, 9.17) is 0 Å². The van der Waals surface area contributed by atoms with Gasteiger partial charge in [0.05, 0.1) is 11.9 Å². The molecule has 0 bridgehead atoms. The largest absolute Gasteiger partial charge is 0.310 e. The molecule has 0 radical (unpaired) electrons. The number of aryl methyl sites for hydroxylation is 1. The van der Waals surface area contributed by atoms with Crippen LogP contribution >= 0.6 is 10.5 Å². The summed E-state index contributed by atoms with van der Waals surface area (Å²) in [5, 5.41) is 10.9. The molecule has 4 nitrogen and oxygen atoms in total. The van der Waals surface area contributed by atoms with Crippen molar-refractivity contribution in [3.63, 3.8) is 0 Å². The third-order valence-corrected chi connectivity index (χ3v) is 7.17. The van der Waals surface area contributed by atoms with Crippen molar-refractivity contribution in [3.05, 3.63) is 35.9 Å². The van der Waals surface area contributed by atoms with Crippen molar-refractivity contribution in [1.82, 2.24) is 15.0 Å². The number of hydrazine groups is 2. The van der Waals surface area contributed by atoms with Crippen LogP contribution in [0.5, 0.6) is 0 Å². The Hall–Kier alpha value is -1.40. The summed E-state index contributed by atoms with van der Waals surface area (Å²) < 4.78 is 0. The molecule has 1 N–H and O–H groups in total. The van der Waals surface area contributed by atoms with Crippen molar-refractivity contribution in [2.24, 2.45) is 0 Å². The number of nitrogens with one attached hydrogen (secondary N) is 1. The first-order chi connectivity index (χ1) is 11.0. The highest BCUT2D eigenvalue weighted by atomic mass is 32.2. The third-order valence-electron chi connectivity index (χ3n) is 5.16. The van der Waals surface area contributed by atoms with E-state index in [9.17, 15) is 0 Å². The molecule has 2 aromatic carbocycles. The SMILES string of the molecule is CCc1ccc2c3c(ccc2c1)S(C)=C1N(N3)C(C)N(C)N1C. The Balaban J connectivity index is 1.94. The summed E-state index contributed by atoms with van der Waals surface area (Å²) in [6.45, 7) is 4.44. The molecule has 2 atom stereocenters. The van der Waals surface area contributed by atoms with Crippen molar-refractivity contribution in [2.75, 3.05) is 25.8 Å². The van der Waals surface area contributed by atoms with Crippen molar-refractivity contribution < 1.29 is 0 Å². The van der Waals surface area contributed by atoms with Crippen LogP contribution in [0, 0.1) is 0 Å². The van der Waals surface area contributed by atoms with E-state index >= 15 is 0 Å². The van der Waals surface area contributed by atoms with Gasteiger partial charge in [0, 0.05) is 24.4 Å². The molecule has 2 heterocycles. The molecule has 0 saturated carbocycles. The Morgan fingerprint density at radius 1 is 1.17 bits per heavy atom. The van der Waals surface area contributed by atoms with Crippen LogP contribution in [0.15, 0.2) is 35.2 Å². The first kappa shape index (κ1) is 15.1. The third kappa shape index (κ3) is 2.08. The van der Waals surface area contributed by atoms with Crippen LogP contribution < -0.4 is 5.43 Å². The van der Waals surface area contributed by atoms with E-state index in [1.807, 2.05) is 0 Å². The zero-order valence-corrected chi connectivity index (χ0v) is 15.2. The van der Waals surface area contributed by atoms with Gasteiger partial charge in [-0.25, -0.2) is 5.01 Å². The number of benzene rings is 2. The molecule has 5 heteroatoms. The molecule has 23 heavy (non-hydrogen) atoms. The summed E-state index contributed by atoms with van der Waals surface area (Å²) in [7, 11) is 4.35. The van der Waals surface area contributed by atoms with Gasteiger partial charge in [-0.15, -0.1) is 10.5 Å². The average molecular weight is 328 g/mol. The zero-order valence-electron chi connectivity index (χ0n) is 14.4. The van der Waals surface area contributed by atoms with Gasteiger partial charge >= 0.3 is 0 Å². The van der Waals surface area contributed by atoms with Gasteiger partial charge in [-0.1, -0.05) is 31.2 Å². The molecule has 2 aliphatic heterocycles. The summed E-state index contributed by atoms with van der Waals surface area (Å²) in [4.78, 5) is 1.40. The summed E-state index contributed by atoms with van der Waals surface area (Å²) in [5.41, 5.74) is 6.37. The van der Waals surface area contributed by atoms with Gasteiger partial charge in [-0.05, 0) is 36.6 Å². The fourth-order valence-electron chi connectivity index (χ4n) is 3.52. The van der Waals surface area contributed by atoms with Gasteiger partial charge in [-0.3, -0.25) is 0 Å². The Bertz CT molecular complexity index is 829. The average Bonchev–Trinajstić information content (AvgIpc) is 2.79. The molecule has 0 aromatic heterocycles. The van der Waals surface area contributed by atoms with Crippen LogP contribution in [-0.2, 0) is 6.42 Å². The fourth-order valence-corrected chi connectivity index (χ4v) is 5.47. The number of nitrogens with zero attached hydrogens (tertiary/aromatic N) is 3. The number of hydrogen-bond acceptors (Lipinski definition) is 4. The highest BCUT2D eigenvalue weighted by Gasteiger charge is 2.39.